The van der Waals surface area contributed by atoms with Gasteiger partial charge >= 0.3 is 0 Å². The van der Waals surface area contributed by atoms with E-state index >= 15 is 0 Å². The van der Waals surface area contributed by atoms with E-state index in [0.717, 1.165) is 34.1 Å². The fourth-order valence-electron chi connectivity index (χ4n) is 3.61. The lowest BCUT2D eigenvalue weighted by molar-refractivity contribution is 0.299. The van der Waals surface area contributed by atoms with Crippen LogP contribution in [-0.2, 0) is 0 Å². The average molecular weight is 530 g/mol. The van der Waals surface area contributed by atoms with E-state index in [1.54, 1.807) is 18.2 Å². The molecule has 5 rings (SSSR count). The molecule has 0 fully saturated rings. The van der Waals surface area contributed by atoms with E-state index in [0.29, 0.717) is 11.4 Å². The fourth-order valence-corrected chi connectivity index (χ4v) is 3.61. The summed E-state index contributed by atoms with van der Waals surface area (Å²) in [5.41, 5.74) is 3.17. The second kappa shape index (κ2) is 12.9. The maximum Gasteiger partial charge on any atom is 0.252 e. The molecule has 0 saturated carbocycles. The lowest BCUT2D eigenvalue weighted by Crippen LogP contribution is -2.00. The van der Waals surface area contributed by atoms with Gasteiger partial charge in [-0.2, -0.15) is 4.98 Å². The Hall–Kier alpha value is -5.43. The van der Waals surface area contributed by atoms with Gasteiger partial charge in [-0.1, -0.05) is 52.8 Å². The molecule has 0 aliphatic carbocycles. The summed E-state index contributed by atoms with van der Waals surface area (Å²) in [5, 5.41) is 8.42. The highest BCUT2D eigenvalue weighted by atomic mass is 16.7. The molecule has 4 aromatic carbocycles. The van der Waals surface area contributed by atoms with E-state index in [1.807, 2.05) is 123 Å². The van der Waals surface area contributed by atoms with Crippen molar-refractivity contribution in [2.45, 2.75) is 13.8 Å². The number of rotatable bonds is 10. The monoisotopic (exact) mass is 529 g/mol. The van der Waals surface area contributed by atoms with Crippen molar-refractivity contribution in [3.63, 3.8) is 0 Å². The third kappa shape index (κ3) is 7.33. The number of oxime groups is 2. The number of hydrogen-bond acceptors (Lipinski definition) is 7. The average Bonchev–Trinajstić information content (AvgIpc) is 3.01. The van der Waals surface area contributed by atoms with Gasteiger partial charge in [-0.25, -0.2) is 0 Å². The van der Waals surface area contributed by atoms with Crippen LogP contribution in [-0.4, -0.2) is 16.4 Å². The third-order valence-electron chi connectivity index (χ3n) is 5.75. The van der Waals surface area contributed by atoms with Crippen LogP contribution in [0.3, 0.4) is 0 Å². The largest absolute Gasteiger partial charge is 0.457 e. The quantitative estimate of drug-likeness (QED) is 0.134. The number of ether oxygens (including phenoxy) is 2. The van der Waals surface area contributed by atoms with Crippen LogP contribution in [0.4, 0.5) is 0 Å². The molecule has 0 saturated heterocycles. The van der Waals surface area contributed by atoms with Gasteiger partial charge in [0.1, 0.15) is 23.0 Å². The van der Waals surface area contributed by atoms with Crippen LogP contribution in [0.25, 0.3) is 0 Å². The topological polar surface area (TPSA) is 74.5 Å². The van der Waals surface area contributed by atoms with Gasteiger partial charge in [-0.05, 0) is 97.8 Å². The maximum atomic E-state index is 5.84. The molecule has 7 nitrogen and oxygen atoms in total. The Labute approximate surface area is 232 Å². The summed E-state index contributed by atoms with van der Waals surface area (Å²) in [6.45, 7) is 3.72. The van der Waals surface area contributed by atoms with Crippen LogP contribution in [0.15, 0.2) is 138 Å². The van der Waals surface area contributed by atoms with Gasteiger partial charge in [0.05, 0.1) is 11.4 Å². The molecule has 5 aromatic rings. The summed E-state index contributed by atoms with van der Waals surface area (Å²) in [6, 6.07) is 39.6. The van der Waals surface area contributed by atoms with Gasteiger partial charge in [0, 0.05) is 12.1 Å². The molecule has 198 valence electrons. The molecule has 0 aliphatic rings. The minimum Gasteiger partial charge on any atom is -0.457 e. The summed E-state index contributed by atoms with van der Waals surface area (Å²) >= 11 is 0. The zero-order chi connectivity index (χ0) is 27.6. The Balaban J connectivity index is 1.16. The Morgan fingerprint density at radius 3 is 1.23 bits per heavy atom. The minimum atomic E-state index is 0.288. The van der Waals surface area contributed by atoms with Gasteiger partial charge in [0.25, 0.3) is 11.8 Å². The summed E-state index contributed by atoms with van der Waals surface area (Å²) in [5.74, 6) is 3.61. The standard InChI is InChI=1S/C33H27N3O4/c1-24(26-16-20-30(21-17-26)37-28-10-5-3-6-11-28)35-39-32-14-9-15-33(34-32)40-36-25(2)27-18-22-31(23-19-27)38-29-12-7-4-8-13-29/h3-23H,1-2H3/b35-24-,36-25-. The van der Waals surface area contributed by atoms with Crippen LogP contribution in [0, 0.1) is 0 Å². The fraction of sp³-hybridized carbons (Fsp3) is 0.0606. The highest BCUT2D eigenvalue weighted by Crippen LogP contribution is 2.23. The van der Waals surface area contributed by atoms with Crippen molar-refractivity contribution < 1.29 is 19.1 Å². The van der Waals surface area contributed by atoms with Gasteiger partial charge in [0.15, 0.2) is 0 Å². The number of benzene rings is 4. The highest BCUT2D eigenvalue weighted by molar-refractivity contribution is 5.99. The molecule has 0 unspecified atom stereocenters. The van der Waals surface area contributed by atoms with Crippen molar-refractivity contribution in [2.75, 3.05) is 0 Å². The van der Waals surface area contributed by atoms with Crippen LogP contribution in [0.5, 0.6) is 34.8 Å². The Morgan fingerprint density at radius 1 is 0.450 bits per heavy atom. The molecule has 1 aromatic heterocycles. The summed E-state index contributed by atoms with van der Waals surface area (Å²) in [6.07, 6.45) is 0. The molecule has 1 heterocycles. The molecule has 0 atom stereocenters. The van der Waals surface area contributed by atoms with E-state index in [2.05, 4.69) is 15.3 Å². The molecule has 40 heavy (non-hydrogen) atoms. The van der Waals surface area contributed by atoms with Gasteiger partial charge in [-0.3, -0.25) is 0 Å². The Morgan fingerprint density at radius 2 is 0.825 bits per heavy atom. The molecule has 0 amide bonds. The van der Waals surface area contributed by atoms with Crippen LogP contribution < -0.4 is 19.1 Å². The predicted octanol–water partition coefficient (Wildman–Crippen LogP) is 8.27. The maximum absolute atomic E-state index is 5.84. The summed E-state index contributed by atoms with van der Waals surface area (Å²) in [4.78, 5) is 15.4. The van der Waals surface area contributed by atoms with Crippen molar-refractivity contribution in [3.05, 3.63) is 139 Å². The number of nitrogens with zero attached hydrogens (tertiary/aromatic N) is 3. The normalized spacial score (nSPS) is 11.6. The number of hydrogen-bond donors (Lipinski definition) is 0. The summed E-state index contributed by atoms with van der Waals surface area (Å²) in [7, 11) is 0. The van der Waals surface area contributed by atoms with Crippen LogP contribution in [0.2, 0.25) is 0 Å². The van der Waals surface area contributed by atoms with Crippen molar-refractivity contribution in [2.24, 2.45) is 10.3 Å². The van der Waals surface area contributed by atoms with Crippen molar-refractivity contribution in [1.82, 2.24) is 4.98 Å². The van der Waals surface area contributed by atoms with Gasteiger partial charge < -0.3 is 19.1 Å². The molecular weight excluding hydrogens is 502 g/mol. The number of para-hydroxylation sites is 2. The molecular formula is C33H27N3O4. The SMILES string of the molecule is C/C(=N/Oc1cccc(O/N=C(/C)c2ccc(Oc3ccccc3)cc2)n1)c1ccc(Oc2ccccc2)cc1. The second-order valence-corrected chi connectivity index (χ2v) is 8.73. The first-order valence-corrected chi connectivity index (χ1v) is 12.7. The lowest BCUT2D eigenvalue weighted by Gasteiger charge is -2.07. The van der Waals surface area contributed by atoms with E-state index in [-0.39, 0.29) is 11.8 Å². The molecule has 0 N–H and O–H groups in total. The Bertz CT molecular complexity index is 1470. The first kappa shape index (κ1) is 26.2. The molecule has 0 spiro atoms. The number of aromatic nitrogens is 1. The third-order valence-corrected chi connectivity index (χ3v) is 5.75. The second-order valence-electron chi connectivity index (χ2n) is 8.73. The van der Waals surface area contributed by atoms with Crippen molar-refractivity contribution in [3.8, 4) is 34.8 Å². The Kier molecular flexibility index (Phi) is 8.44. The highest BCUT2D eigenvalue weighted by Gasteiger charge is 2.05. The predicted molar refractivity (Wildman–Crippen MR) is 156 cm³/mol. The van der Waals surface area contributed by atoms with E-state index in [9.17, 15) is 0 Å². The van der Waals surface area contributed by atoms with Gasteiger partial charge in [-0.15, -0.1) is 0 Å². The van der Waals surface area contributed by atoms with Crippen molar-refractivity contribution >= 4 is 11.4 Å². The first-order chi connectivity index (χ1) is 19.6. The van der Waals surface area contributed by atoms with E-state index < -0.39 is 0 Å². The molecule has 0 radical (unpaired) electrons. The summed E-state index contributed by atoms with van der Waals surface area (Å²) < 4.78 is 11.7. The lowest BCUT2D eigenvalue weighted by atomic mass is 10.1. The smallest absolute Gasteiger partial charge is 0.252 e. The zero-order valence-electron chi connectivity index (χ0n) is 22.1. The number of pyridine rings is 1. The van der Waals surface area contributed by atoms with E-state index in [4.69, 9.17) is 19.1 Å². The minimum absolute atomic E-state index is 0.288. The first-order valence-electron chi connectivity index (χ1n) is 12.7. The van der Waals surface area contributed by atoms with Gasteiger partial charge in [0.2, 0.25) is 0 Å². The molecule has 0 aliphatic heterocycles. The van der Waals surface area contributed by atoms with Crippen molar-refractivity contribution in [1.29, 1.82) is 0 Å². The van der Waals surface area contributed by atoms with Crippen LogP contribution in [0.1, 0.15) is 25.0 Å². The zero-order valence-corrected chi connectivity index (χ0v) is 22.1. The molecule has 0 bridgehead atoms. The van der Waals surface area contributed by atoms with Crippen LogP contribution >= 0.6 is 0 Å². The van der Waals surface area contributed by atoms with E-state index in [1.165, 1.54) is 0 Å². The molecule has 7 heteroatoms.